The Hall–Kier alpha value is -0.690. The third-order valence-electron chi connectivity index (χ3n) is 2.64. The molecule has 90 valence electrons. The minimum absolute atomic E-state index is 0.440. The summed E-state index contributed by atoms with van der Waals surface area (Å²) >= 11 is 0.869. The highest BCUT2D eigenvalue weighted by Crippen LogP contribution is 2.28. The summed E-state index contributed by atoms with van der Waals surface area (Å²) in [6, 6.07) is 0. The SMILES string of the molecule is FC(F)(F)c1nsc(CC2CCNCC2)n1. The smallest absolute Gasteiger partial charge is 0.317 e. The van der Waals surface area contributed by atoms with Crippen molar-refractivity contribution in [1.82, 2.24) is 14.7 Å². The zero-order valence-electron chi connectivity index (χ0n) is 8.55. The van der Waals surface area contributed by atoms with Crippen LogP contribution in [0.2, 0.25) is 0 Å². The van der Waals surface area contributed by atoms with Crippen molar-refractivity contribution in [2.24, 2.45) is 5.92 Å². The molecule has 0 saturated carbocycles. The molecule has 1 aliphatic rings. The summed E-state index contributed by atoms with van der Waals surface area (Å²) in [5.74, 6) is -0.559. The Bertz CT molecular complexity index is 344. The lowest BCUT2D eigenvalue weighted by molar-refractivity contribution is -0.144. The molecule has 0 amide bonds. The zero-order chi connectivity index (χ0) is 11.6. The molecule has 0 aliphatic carbocycles. The third kappa shape index (κ3) is 2.91. The van der Waals surface area contributed by atoms with Crippen LogP contribution in [0.25, 0.3) is 0 Å². The van der Waals surface area contributed by atoms with Gasteiger partial charge in [-0.2, -0.15) is 17.5 Å². The lowest BCUT2D eigenvalue weighted by Crippen LogP contribution is -2.28. The van der Waals surface area contributed by atoms with E-state index in [2.05, 4.69) is 14.7 Å². The number of rotatable bonds is 2. The molecule has 1 N–H and O–H groups in total. The van der Waals surface area contributed by atoms with Gasteiger partial charge in [0.15, 0.2) is 0 Å². The number of aromatic nitrogens is 2. The summed E-state index contributed by atoms with van der Waals surface area (Å²) in [5.41, 5.74) is 0. The first-order chi connectivity index (χ1) is 7.55. The first kappa shape index (κ1) is 11.8. The molecule has 1 aromatic rings. The number of halogens is 3. The summed E-state index contributed by atoms with van der Waals surface area (Å²) in [7, 11) is 0. The molecule has 1 aliphatic heterocycles. The van der Waals surface area contributed by atoms with E-state index in [0.29, 0.717) is 17.3 Å². The van der Waals surface area contributed by atoms with Crippen molar-refractivity contribution in [3.05, 3.63) is 10.8 Å². The summed E-state index contributed by atoms with van der Waals surface area (Å²) in [6.07, 6.45) is -1.79. The van der Waals surface area contributed by atoms with Gasteiger partial charge in [-0.3, -0.25) is 0 Å². The standard InChI is InChI=1S/C9H12F3N3S/c10-9(11,12)8-14-7(16-15-8)5-6-1-3-13-4-2-6/h6,13H,1-5H2. The fourth-order valence-electron chi connectivity index (χ4n) is 1.79. The molecule has 1 saturated heterocycles. The van der Waals surface area contributed by atoms with E-state index in [1.54, 1.807) is 0 Å². The predicted molar refractivity (Wildman–Crippen MR) is 54.2 cm³/mol. The maximum absolute atomic E-state index is 12.3. The molecular weight excluding hydrogens is 239 g/mol. The number of hydrogen-bond donors (Lipinski definition) is 1. The van der Waals surface area contributed by atoms with Crippen LogP contribution in [-0.2, 0) is 12.6 Å². The van der Waals surface area contributed by atoms with Crippen LogP contribution in [0, 0.1) is 5.92 Å². The normalized spacial score (nSPS) is 18.9. The molecule has 3 nitrogen and oxygen atoms in total. The number of hydrogen-bond acceptors (Lipinski definition) is 4. The minimum Gasteiger partial charge on any atom is -0.317 e. The number of piperidine rings is 1. The van der Waals surface area contributed by atoms with Crippen molar-refractivity contribution in [3.63, 3.8) is 0 Å². The number of nitrogens with zero attached hydrogens (tertiary/aromatic N) is 2. The van der Waals surface area contributed by atoms with Gasteiger partial charge in [0.2, 0.25) is 5.82 Å². The second kappa shape index (κ2) is 4.67. The van der Waals surface area contributed by atoms with Crippen molar-refractivity contribution >= 4 is 11.5 Å². The number of alkyl halides is 3. The molecule has 0 bridgehead atoms. The molecule has 16 heavy (non-hydrogen) atoms. The molecule has 0 spiro atoms. The molecule has 7 heteroatoms. The highest BCUT2D eigenvalue weighted by Gasteiger charge is 2.36. The molecule has 0 aromatic carbocycles. The predicted octanol–water partition coefficient (Wildman–Crippen LogP) is 2.10. The van der Waals surface area contributed by atoms with Crippen LogP contribution in [0.5, 0.6) is 0 Å². The molecule has 0 radical (unpaired) electrons. The van der Waals surface area contributed by atoms with E-state index < -0.39 is 12.0 Å². The minimum atomic E-state index is -4.41. The largest absolute Gasteiger partial charge is 0.452 e. The Morgan fingerprint density at radius 1 is 1.31 bits per heavy atom. The fraction of sp³-hybridized carbons (Fsp3) is 0.778. The van der Waals surface area contributed by atoms with Gasteiger partial charge in [0.25, 0.3) is 0 Å². The fourth-order valence-corrected chi connectivity index (χ4v) is 2.56. The van der Waals surface area contributed by atoms with Crippen LogP contribution in [0.3, 0.4) is 0 Å². The second-order valence-corrected chi connectivity index (χ2v) is 4.74. The highest BCUT2D eigenvalue weighted by molar-refractivity contribution is 7.05. The Labute approximate surface area is 95.2 Å². The average Bonchev–Trinajstić information content (AvgIpc) is 2.67. The summed E-state index contributed by atoms with van der Waals surface area (Å²) in [6.45, 7) is 1.88. The van der Waals surface area contributed by atoms with Crippen LogP contribution in [0.1, 0.15) is 23.7 Å². The summed E-state index contributed by atoms with van der Waals surface area (Å²) < 4.78 is 40.1. The molecule has 1 aromatic heterocycles. The van der Waals surface area contributed by atoms with Crippen molar-refractivity contribution in [3.8, 4) is 0 Å². The van der Waals surface area contributed by atoms with Gasteiger partial charge in [-0.15, -0.1) is 0 Å². The van der Waals surface area contributed by atoms with Gasteiger partial charge in [-0.25, -0.2) is 4.98 Å². The van der Waals surface area contributed by atoms with Crippen LogP contribution < -0.4 is 5.32 Å². The van der Waals surface area contributed by atoms with Crippen molar-refractivity contribution in [2.45, 2.75) is 25.4 Å². The van der Waals surface area contributed by atoms with Gasteiger partial charge in [0.05, 0.1) is 0 Å². The summed E-state index contributed by atoms with van der Waals surface area (Å²) in [5, 5.41) is 3.72. The molecule has 2 rings (SSSR count). The Morgan fingerprint density at radius 3 is 2.56 bits per heavy atom. The van der Waals surface area contributed by atoms with Crippen LogP contribution in [-0.4, -0.2) is 22.4 Å². The first-order valence-corrected chi connectivity index (χ1v) is 5.93. The monoisotopic (exact) mass is 251 g/mol. The van der Waals surface area contributed by atoms with E-state index in [1.165, 1.54) is 0 Å². The Kier molecular flexibility index (Phi) is 3.44. The molecule has 2 heterocycles. The van der Waals surface area contributed by atoms with Gasteiger partial charge in [-0.05, 0) is 43.4 Å². The number of nitrogens with one attached hydrogen (secondary N) is 1. The molecule has 1 fully saturated rings. The summed E-state index contributed by atoms with van der Waals surface area (Å²) in [4.78, 5) is 3.54. The van der Waals surface area contributed by atoms with Crippen LogP contribution >= 0.6 is 11.5 Å². The van der Waals surface area contributed by atoms with Gasteiger partial charge in [-0.1, -0.05) is 0 Å². The first-order valence-electron chi connectivity index (χ1n) is 5.16. The van der Waals surface area contributed by atoms with Crippen molar-refractivity contribution in [1.29, 1.82) is 0 Å². The topological polar surface area (TPSA) is 37.8 Å². The molecule has 0 atom stereocenters. The van der Waals surface area contributed by atoms with E-state index >= 15 is 0 Å². The van der Waals surface area contributed by atoms with Gasteiger partial charge >= 0.3 is 6.18 Å². The third-order valence-corrected chi connectivity index (χ3v) is 3.38. The van der Waals surface area contributed by atoms with Crippen molar-refractivity contribution in [2.75, 3.05) is 13.1 Å². The second-order valence-electron chi connectivity index (χ2n) is 3.91. The van der Waals surface area contributed by atoms with E-state index in [1.807, 2.05) is 0 Å². The van der Waals surface area contributed by atoms with Crippen LogP contribution in [0.4, 0.5) is 13.2 Å². The van der Waals surface area contributed by atoms with Gasteiger partial charge in [0, 0.05) is 6.42 Å². The highest BCUT2D eigenvalue weighted by atomic mass is 32.1. The van der Waals surface area contributed by atoms with Crippen molar-refractivity contribution < 1.29 is 13.2 Å². The maximum atomic E-state index is 12.3. The zero-order valence-corrected chi connectivity index (χ0v) is 9.37. The molecule has 0 unspecified atom stereocenters. The van der Waals surface area contributed by atoms with E-state index in [9.17, 15) is 13.2 Å². The van der Waals surface area contributed by atoms with E-state index in [-0.39, 0.29) is 0 Å². The van der Waals surface area contributed by atoms with Crippen LogP contribution in [0.15, 0.2) is 0 Å². The lowest BCUT2D eigenvalue weighted by Gasteiger charge is -2.21. The maximum Gasteiger partial charge on any atom is 0.452 e. The van der Waals surface area contributed by atoms with E-state index in [4.69, 9.17) is 0 Å². The van der Waals surface area contributed by atoms with Gasteiger partial charge in [0.1, 0.15) is 5.01 Å². The quantitative estimate of drug-likeness (QED) is 0.874. The Morgan fingerprint density at radius 2 is 2.00 bits per heavy atom. The lowest BCUT2D eigenvalue weighted by atomic mass is 9.95. The Balaban J connectivity index is 1.97. The average molecular weight is 251 g/mol. The van der Waals surface area contributed by atoms with Gasteiger partial charge < -0.3 is 5.32 Å². The molecular formula is C9H12F3N3S. The van der Waals surface area contributed by atoms with E-state index in [0.717, 1.165) is 37.5 Å².